The average molecular weight is 233 g/mol. The molecule has 0 radical (unpaired) electrons. The zero-order chi connectivity index (χ0) is 12.1. The van der Waals surface area contributed by atoms with E-state index in [9.17, 15) is 0 Å². The van der Waals surface area contributed by atoms with Gasteiger partial charge < -0.3 is 10.1 Å². The van der Waals surface area contributed by atoms with Crippen LogP contribution in [0, 0.1) is 5.92 Å². The smallest absolute Gasteiger partial charge is 0.119 e. The first-order valence-electron chi connectivity index (χ1n) is 6.67. The van der Waals surface area contributed by atoms with E-state index in [1.165, 1.54) is 31.2 Å². The highest BCUT2D eigenvalue weighted by Crippen LogP contribution is 2.29. The molecule has 0 aliphatic heterocycles. The third-order valence-corrected chi connectivity index (χ3v) is 3.82. The molecular formula is C15H23NO. The first-order chi connectivity index (χ1) is 8.29. The van der Waals surface area contributed by atoms with Gasteiger partial charge in [0, 0.05) is 6.04 Å². The molecule has 2 heteroatoms. The molecule has 1 aliphatic rings. The van der Waals surface area contributed by atoms with E-state index in [2.05, 4.69) is 30.4 Å². The Morgan fingerprint density at radius 3 is 2.88 bits per heavy atom. The summed E-state index contributed by atoms with van der Waals surface area (Å²) in [5.74, 6) is 1.93. The fourth-order valence-electron chi connectivity index (χ4n) is 2.31. The van der Waals surface area contributed by atoms with Gasteiger partial charge in [-0.15, -0.1) is 0 Å². The van der Waals surface area contributed by atoms with E-state index >= 15 is 0 Å². The molecule has 0 bridgehead atoms. The number of methoxy groups -OCH3 is 1. The molecule has 1 N–H and O–H groups in total. The Hall–Kier alpha value is -1.02. The predicted molar refractivity (Wildman–Crippen MR) is 71.4 cm³/mol. The van der Waals surface area contributed by atoms with E-state index in [1.54, 1.807) is 7.11 Å². The summed E-state index contributed by atoms with van der Waals surface area (Å²) in [6.07, 6.45) is 5.65. The van der Waals surface area contributed by atoms with Gasteiger partial charge in [-0.2, -0.15) is 0 Å². The molecule has 0 amide bonds. The fourth-order valence-corrected chi connectivity index (χ4v) is 2.31. The van der Waals surface area contributed by atoms with Crippen LogP contribution >= 0.6 is 0 Å². The molecule has 1 fully saturated rings. The van der Waals surface area contributed by atoms with Crippen LogP contribution in [0.5, 0.6) is 5.75 Å². The molecule has 1 aromatic carbocycles. The van der Waals surface area contributed by atoms with Crippen molar-refractivity contribution in [1.82, 2.24) is 5.32 Å². The van der Waals surface area contributed by atoms with Gasteiger partial charge in [0.2, 0.25) is 0 Å². The van der Waals surface area contributed by atoms with Crippen molar-refractivity contribution >= 4 is 0 Å². The van der Waals surface area contributed by atoms with Gasteiger partial charge in [-0.05, 0) is 43.5 Å². The van der Waals surface area contributed by atoms with Crippen LogP contribution < -0.4 is 10.1 Å². The zero-order valence-corrected chi connectivity index (χ0v) is 10.9. The van der Waals surface area contributed by atoms with E-state index in [-0.39, 0.29) is 0 Å². The molecule has 1 atom stereocenters. The monoisotopic (exact) mass is 233 g/mol. The lowest BCUT2D eigenvalue weighted by molar-refractivity contribution is 0.288. The number of hydrogen-bond acceptors (Lipinski definition) is 2. The minimum Gasteiger partial charge on any atom is -0.497 e. The van der Waals surface area contributed by atoms with Crippen LogP contribution in [0.3, 0.4) is 0 Å². The van der Waals surface area contributed by atoms with Crippen molar-refractivity contribution in [2.45, 2.75) is 38.6 Å². The van der Waals surface area contributed by atoms with Gasteiger partial charge in [0.25, 0.3) is 0 Å². The Labute approximate surface area is 104 Å². The predicted octanol–water partition coefficient (Wildman–Crippen LogP) is 3.54. The molecule has 17 heavy (non-hydrogen) atoms. The molecule has 1 saturated carbocycles. The second-order valence-corrected chi connectivity index (χ2v) is 5.04. The molecule has 0 saturated heterocycles. The van der Waals surface area contributed by atoms with E-state index in [4.69, 9.17) is 4.74 Å². The quantitative estimate of drug-likeness (QED) is 0.811. The zero-order valence-electron chi connectivity index (χ0n) is 10.9. The molecule has 1 aromatic rings. The second kappa shape index (κ2) is 6.06. The van der Waals surface area contributed by atoms with Gasteiger partial charge >= 0.3 is 0 Å². The molecule has 1 aliphatic carbocycles. The van der Waals surface area contributed by atoms with Crippen molar-refractivity contribution in [3.05, 3.63) is 29.8 Å². The third-order valence-electron chi connectivity index (χ3n) is 3.82. The summed E-state index contributed by atoms with van der Waals surface area (Å²) >= 11 is 0. The number of ether oxygens (including phenoxy) is 1. The third kappa shape index (κ3) is 3.47. The molecule has 1 unspecified atom stereocenters. The number of benzene rings is 1. The lowest BCUT2D eigenvalue weighted by Gasteiger charge is -2.26. The standard InChI is InChI=1S/C15H23NO/c1-12(16-10-9-13-5-3-6-13)14-7-4-8-15(11-14)17-2/h4,7-8,11-13,16H,3,5-6,9-10H2,1-2H3. The van der Waals surface area contributed by atoms with Gasteiger partial charge in [-0.1, -0.05) is 31.4 Å². The number of rotatable bonds is 6. The number of hydrogen-bond donors (Lipinski definition) is 1. The van der Waals surface area contributed by atoms with Crippen LogP contribution in [0.25, 0.3) is 0 Å². The maximum absolute atomic E-state index is 5.25. The van der Waals surface area contributed by atoms with Crippen molar-refractivity contribution in [3.63, 3.8) is 0 Å². The molecule has 0 spiro atoms. The van der Waals surface area contributed by atoms with Crippen molar-refractivity contribution in [2.75, 3.05) is 13.7 Å². The highest BCUT2D eigenvalue weighted by molar-refractivity contribution is 5.30. The van der Waals surface area contributed by atoms with E-state index in [0.717, 1.165) is 18.2 Å². The highest BCUT2D eigenvalue weighted by Gasteiger charge is 2.16. The summed E-state index contributed by atoms with van der Waals surface area (Å²) in [7, 11) is 1.72. The van der Waals surface area contributed by atoms with Gasteiger partial charge in [0.1, 0.15) is 5.75 Å². The van der Waals surface area contributed by atoms with E-state index in [1.807, 2.05) is 6.07 Å². The first kappa shape index (κ1) is 12.4. The maximum Gasteiger partial charge on any atom is 0.119 e. The summed E-state index contributed by atoms with van der Waals surface area (Å²) in [4.78, 5) is 0. The Balaban J connectivity index is 1.78. The number of nitrogens with one attached hydrogen (secondary N) is 1. The fraction of sp³-hybridized carbons (Fsp3) is 0.600. The highest BCUT2D eigenvalue weighted by atomic mass is 16.5. The maximum atomic E-state index is 5.25. The average Bonchev–Trinajstić information content (AvgIpc) is 2.32. The largest absolute Gasteiger partial charge is 0.497 e. The van der Waals surface area contributed by atoms with Crippen LogP contribution in [0.15, 0.2) is 24.3 Å². The van der Waals surface area contributed by atoms with Crippen LogP contribution in [0.4, 0.5) is 0 Å². The Morgan fingerprint density at radius 1 is 1.41 bits per heavy atom. The molecule has 94 valence electrons. The summed E-state index contributed by atoms with van der Waals surface area (Å²) in [6.45, 7) is 3.35. The summed E-state index contributed by atoms with van der Waals surface area (Å²) < 4.78 is 5.25. The lowest BCUT2D eigenvalue weighted by atomic mass is 9.83. The van der Waals surface area contributed by atoms with Crippen LogP contribution in [-0.4, -0.2) is 13.7 Å². The van der Waals surface area contributed by atoms with Crippen LogP contribution in [0.2, 0.25) is 0 Å². The SMILES string of the molecule is COc1cccc(C(C)NCCC2CCC2)c1. The summed E-state index contributed by atoms with van der Waals surface area (Å²) in [5, 5.41) is 3.59. The minimum absolute atomic E-state index is 0.408. The van der Waals surface area contributed by atoms with Crippen molar-refractivity contribution in [1.29, 1.82) is 0 Å². The van der Waals surface area contributed by atoms with Crippen molar-refractivity contribution in [3.8, 4) is 5.75 Å². The molecular weight excluding hydrogens is 210 g/mol. The Kier molecular flexibility index (Phi) is 4.43. The minimum atomic E-state index is 0.408. The van der Waals surface area contributed by atoms with Gasteiger partial charge in [0.05, 0.1) is 7.11 Å². The van der Waals surface area contributed by atoms with Gasteiger partial charge in [-0.25, -0.2) is 0 Å². The second-order valence-electron chi connectivity index (χ2n) is 5.04. The van der Waals surface area contributed by atoms with Gasteiger partial charge in [-0.3, -0.25) is 0 Å². The van der Waals surface area contributed by atoms with Gasteiger partial charge in [0.15, 0.2) is 0 Å². The van der Waals surface area contributed by atoms with Crippen LogP contribution in [0.1, 0.15) is 44.2 Å². The van der Waals surface area contributed by atoms with Crippen molar-refractivity contribution < 1.29 is 4.74 Å². The van der Waals surface area contributed by atoms with E-state index < -0.39 is 0 Å². The summed E-state index contributed by atoms with van der Waals surface area (Å²) in [5.41, 5.74) is 1.30. The topological polar surface area (TPSA) is 21.3 Å². The van der Waals surface area contributed by atoms with Crippen LogP contribution in [-0.2, 0) is 0 Å². The normalized spacial score (nSPS) is 17.5. The first-order valence-corrected chi connectivity index (χ1v) is 6.67. The van der Waals surface area contributed by atoms with Crippen molar-refractivity contribution in [2.24, 2.45) is 5.92 Å². The van der Waals surface area contributed by atoms with E-state index in [0.29, 0.717) is 6.04 Å². The summed E-state index contributed by atoms with van der Waals surface area (Å²) in [6, 6.07) is 8.72. The molecule has 2 nitrogen and oxygen atoms in total. The lowest BCUT2D eigenvalue weighted by Crippen LogP contribution is -2.24. The molecule has 2 rings (SSSR count). The molecule has 0 heterocycles. The Morgan fingerprint density at radius 2 is 2.24 bits per heavy atom. The Bertz CT molecular complexity index is 347. The molecule has 0 aromatic heterocycles.